The van der Waals surface area contributed by atoms with Gasteiger partial charge in [-0.3, -0.25) is 4.79 Å². The molecule has 0 aliphatic rings. The largest absolute Gasteiger partial charge is 0.492 e. The summed E-state index contributed by atoms with van der Waals surface area (Å²) in [5.74, 6) is 0.444. The quantitative estimate of drug-likeness (QED) is 0.821. The number of rotatable bonds is 4. The molecule has 16 heavy (non-hydrogen) atoms. The van der Waals surface area contributed by atoms with Crippen molar-refractivity contribution in [1.82, 2.24) is 0 Å². The molecular weight excluding hydrogens is 230 g/mol. The van der Waals surface area contributed by atoms with Crippen molar-refractivity contribution < 1.29 is 14.3 Å². The minimum absolute atomic E-state index is 0.216. The first kappa shape index (κ1) is 12.8. The number of carbonyl (C=O) groups is 1. The van der Waals surface area contributed by atoms with Gasteiger partial charge in [0.2, 0.25) is 0 Å². The Balaban J connectivity index is 3.35. The third-order valence-electron chi connectivity index (χ3n) is 2.15. The smallest absolute Gasteiger partial charge is 0.183 e. The molecule has 1 atom stereocenters. The van der Waals surface area contributed by atoms with E-state index in [1.54, 1.807) is 19.1 Å². The number of ether oxygens (including phenoxy) is 2. The Labute approximate surface area is 99.3 Å². The van der Waals surface area contributed by atoms with E-state index in [4.69, 9.17) is 26.8 Å². The van der Waals surface area contributed by atoms with Gasteiger partial charge in [0.25, 0.3) is 0 Å². The zero-order valence-electron chi connectivity index (χ0n) is 9.41. The minimum Gasteiger partial charge on any atom is -0.492 e. The highest BCUT2D eigenvalue weighted by Gasteiger charge is 2.21. The van der Waals surface area contributed by atoms with Gasteiger partial charge in [0.1, 0.15) is 0 Å². The Morgan fingerprint density at radius 1 is 1.31 bits per heavy atom. The van der Waals surface area contributed by atoms with Crippen LogP contribution in [0.1, 0.15) is 17.3 Å². The number of hydrogen-bond donors (Lipinski definition) is 1. The Morgan fingerprint density at radius 3 is 2.31 bits per heavy atom. The first-order valence-corrected chi connectivity index (χ1v) is 5.11. The molecule has 1 unspecified atom stereocenters. The Morgan fingerprint density at radius 2 is 1.88 bits per heavy atom. The van der Waals surface area contributed by atoms with Crippen LogP contribution >= 0.6 is 11.6 Å². The zero-order valence-corrected chi connectivity index (χ0v) is 10.2. The highest BCUT2D eigenvalue weighted by Crippen LogP contribution is 2.38. The highest BCUT2D eigenvalue weighted by molar-refractivity contribution is 6.32. The van der Waals surface area contributed by atoms with Crippen LogP contribution in [-0.2, 0) is 0 Å². The van der Waals surface area contributed by atoms with Crippen molar-refractivity contribution >= 4 is 17.4 Å². The Bertz CT molecular complexity index is 404. The maximum absolute atomic E-state index is 11.8. The summed E-state index contributed by atoms with van der Waals surface area (Å²) < 4.78 is 10.2. The van der Waals surface area contributed by atoms with Gasteiger partial charge >= 0.3 is 0 Å². The summed E-state index contributed by atoms with van der Waals surface area (Å²) in [6.45, 7) is 1.61. The molecule has 0 fully saturated rings. The summed E-state index contributed by atoms with van der Waals surface area (Å²) >= 11 is 5.92. The Kier molecular flexibility index (Phi) is 4.15. The van der Waals surface area contributed by atoms with E-state index >= 15 is 0 Å². The highest BCUT2D eigenvalue weighted by atomic mass is 35.5. The van der Waals surface area contributed by atoms with E-state index in [0.29, 0.717) is 22.1 Å². The van der Waals surface area contributed by atoms with Crippen LogP contribution in [0.5, 0.6) is 11.5 Å². The molecule has 0 heterocycles. The molecule has 0 aliphatic heterocycles. The summed E-state index contributed by atoms with van der Waals surface area (Å²) in [6.07, 6.45) is 0. The Hall–Kier alpha value is -1.26. The van der Waals surface area contributed by atoms with Crippen molar-refractivity contribution in [3.8, 4) is 11.5 Å². The van der Waals surface area contributed by atoms with Gasteiger partial charge in [-0.25, -0.2) is 0 Å². The number of carbonyl (C=O) groups excluding carboxylic acids is 1. The molecule has 88 valence electrons. The van der Waals surface area contributed by atoms with Crippen LogP contribution in [-0.4, -0.2) is 26.0 Å². The number of benzene rings is 1. The molecule has 2 N–H and O–H groups in total. The van der Waals surface area contributed by atoms with Crippen molar-refractivity contribution in [2.75, 3.05) is 14.2 Å². The first-order valence-electron chi connectivity index (χ1n) is 4.73. The predicted octanol–water partition coefficient (Wildman–Crippen LogP) is 1.89. The number of halogens is 1. The van der Waals surface area contributed by atoms with Gasteiger partial charge in [-0.1, -0.05) is 11.6 Å². The molecule has 0 amide bonds. The molecule has 0 bridgehead atoms. The summed E-state index contributed by atoms with van der Waals surface area (Å²) in [5, 5.41) is 0.389. The van der Waals surface area contributed by atoms with Crippen LogP contribution in [0.25, 0.3) is 0 Å². The number of methoxy groups -OCH3 is 2. The topological polar surface area (TPSA) is 61.5 Å². The number of ketones is 1. The lowest BCUT2D eigenvalue weighted by molar-refractivity contribution is 0.0964. The number of nitrogens with two attached hydrogens (primary N) is 1. The zero-order chi connectivity index (χ0) is 12.3. The summed E-state index contributed by atoms with van der Waals surface area (Å²) in [6, 6.07) is 2.56. The van der Waals surface area contributed by atoms with Gasteiger partial charge < -0.3 is 15.2 Å². The van der Waals surface area contributed by atoms with Crippen molar-refractivity contribution in [3.63, 3.8) is 0 Å². The van der Waals surface area contributed by atoms with E-state index in [1.807, 2.05) is 0 Å². The molecule has 0 aromatic heterocycles. The lowest BCUT2D eigenvalue weighted by Crippen LogP contribution is -2.27. The fourth-order valence-electron chi connectivity index (χ4n) is 1.37. The van der Waals surface area contributed by atoms with Gasteiger partial charge in [-0.05, 0) is 19.1 Å². The summed E-state index contributed by atoms with van der Waals surface area (Å²) in [5.41, 5.74) is 5.92. The van der Waals surface area contributed by atoms with Crippen LogP contribution in [0.2, 0.25) is 5.02 Å². The second-order valence-corrected chi connectivity index (χ2v) is 3.72. The van der Waals surface area contributed by atoms with Crippen LogP contribution in [0.15, 0.2) is 12.1 Å². The van der Waals surface area contributed by atoms with Gasteiger partial charge in [-0.15, -0.1) is 0 Å². The molecule has 0 saturated heterocycles. The molecule has 0 saturated carbocycles. The lowest BCUT2D eigenvalue weighted by Gasteiger charge is -2.14. The number of hydrogen-bond acceptors (Lipinski definition) is 4. The van der Waals surface area contributed by atoms with E-state index < -0.39 is 6.04 Å². The third kappa shape index (κ3) is 2.28. The molecule has 4 nitrogen and oxygen atoms in total. The maximum Gasteiger partial charge on any atom is 0.183 e. The van der Waals surface area contributed by atoms with Gasteiger partial charge in [-0.2, -0.15) is 0 Å². The van der Waals surface area contributed by atoms with E-state index in [2.05, 4.69) is 0 Å². The average molecular weight is 244 g/mol. The fraction of sp³-hybridized carbons (Fsp3) is 0.364. The summed E-state index contributed by atoms with van der Waals surface area (Å²) in [7, 11) is 2.91. The van der Waals surface area contributed by atoms with E-state index in [0.717, 1.165) is 0 Å². The van der Waals surface area contributed by atoms with Crippen molar-refractivity contribution in [2.24, 2.45) is 5.73 Å². The molecule has 0 spiro atoms. The SMILES string of the molecule is COc1c(Cl)ccc(C(=O)C(C)N)c1OC. The van der Waals surface area contributed by atoms with Crippen molar-refractivity contribution in [1.29, 1.82) is 0 Å². The molecule has 0 radical (unpaired) electrons. The first-order chi connectivity index (χ1) is 7.52. The normalized spacial score (nSPS) is 12.1. The molecule has 1 rings (SSSR count). The number of Topliss-reactive ketones (excluding diaryl/α,β-unsaturated/α-hetero) is 1. The summed E-state index contributed by atoms with van der Waals surface area (Å²) in [4.78, 5) is 11.8. The average Bonchev–Trinajstić information content (AvgIpc) is 2.27. The minimum atomic E-state index is -0.597. The molecule has 5 heteroatoms. The third-order valence-corrected chi connectivity index (χ3v) is 2.45. The maximum atomic E-state index is 11.8. The van der Waals surface area contributed by atoms with Crippen molar-refractivity contribution in [2.45, 2.75) is 13.0 Å². The van der Waals surface area contributed by atoms with Gasteiger partial charge in [0.05, 0.1) is 30.8 Å². The van der Waals surface area contributed by atoms with Crippen LogP contribution in [0, 0.1) is 0 Å². The fourth-order valence-corrected chi connectivity index (χ4v) is 1.60. The second kappa shape index (κ2) is 5.18. The van der Waals surface area contributed by atoms with Gasteiger partial charge in [0.15, 0.2) is 17.3 Å². The second-order valence-electron chi connectivity index (χ2n) is 3.31. The van der Waals surface area contributed by atoms with E-state index in [-0.39, 0.29) is 5.78 Å². The molecule has 1 aromatic rings. The van der Waals surface area contributed by atoms with Gasteiger partial charge in [0, 0.05) is 0 Å². The monoisotopic (exact) mass is 243 g/mol. The molecule has 0 aliphatic carbocycles. The van der Waals surface area contributed by atoms with Crippen LogP contribution in [0.4, 0.5) is 0 Å². The van der Waals surface area contributed by atoms with Crippen LogP contribution in [0.3, 0.4) is 0 Å². The molecule has 1 aromatic carbocycles. The van der Waals surface area contributed by atoms with Crippen molar-refractivity contribution in [3.05, 3.63) is 22.7 Å². The van der Waals surface area contributed by atoms with E-state index in [1.165, 1.54) is 14.2 Å². The predicted molar refractivity (Wildman–Crippen MR) is 62.5 cm³/mol. The lowest BCUT2D eigenvalue weighted by atomic mass is 10.0. The standard InChI is InChI=1S/C11H14ClNO3/c1-6(13)9(14)7-4-5-8(12)11(16-3)10(7)15-2/h4-6H,13H2,1-3H3. The van der Waals surface area contributed by atoms with E-state index in [9.17, 15) is 4.79 Å². The molecular formula is C11H14ClNO3. The van der Waals surface area contributed by atoms with Crippen LogP contribution < -0.4 is 15.2 Å².